The highest BCUT2D eigenvalue weighted by Crippen LogP contribution is 2.40. The number of hydrogen-bond donors (Lipinski definition) is 0. The summed E-state index contributed by atoms with van der Waals surface area (Å²) in [5, 5.41) is 0. The Balaban J connectivity index is 1.95. The van der Waals surface area contributed by atoms with Gasteiger partial charge < -0.3 is 0 Å². The Morgan fingerprint density at radius 2 is 0.955 bits per heavy atom. The van der Waals surface area contributed by atoms with Crippen molar-refractivity contribution in [3.63, 3.8) is 0 Å². The molecular formula is C20H20N2. The Morgan fingerprint density at radius 3 is 1.36 bits per heavy atom. The summed E-state index contributed by atoms with van der Waals surface area (Å²) in [6.45, 7) is 8.69. The van der Waals surface area contributed by atoms with Gasteiger partial charge in [0.2, 0.25) is 0 Å². The third-order valence-electron chi connectivity index (χ3n) is 4.69. The molecule has 0 aromatic heterocycles. The molecular weight excluding hydrogens is 268 g/mol. The van der Waals surface area contributed by atoms with Gasteiger partial charge in [-0.05, 0) is 38.8 Å². The maximum absolute atomic E-state index is 5.02. The van der Waals surface area contributed by atoms with Crippen molar-refractivity contribution in [1.29, 1.82) is 0 Å². The van der Waals surface area contributed by atoms with Crippen LogP contribution in [0.2, 0.25) is 0 Å². The zero-order chi connectivity index (χ0) is 15.5. The van der Waals surface area contributed by atoms with Crippen molar-refractivity contribution < 1.29 is 0 Å². The minimum absolute atomic E-state index is 0.184. The molecule has 0 fully saturated rings. The summed E-state index contributed by atoms with van der Waals surface area (Å²) in [5.41, 5.74) is 6.73. The lowest BCUT2D eigenvalue weighted by Gasteiger charge is -2.15. The van der Waals surface area contributed by atoms with Gasteiger partial charge in [-0.3, -0.25) is 9.98 Å². The molecule has 0 aliphatic carbocycles. The van der Waals surface area contributed by atoms with Crippen molar-refractivity contribution in [1.82, 2.24) is 0 Å². The maximum atomic E-state index is 5.02. The molecule has 0 spiro atoms. The molecule has 2 aliphatic rings. The van der Waals surface area contributed by atoms with Crippen LogP contribution in [-0.4, -0.2) is 11.4 Å². The number of benzene rings is 2. The van der Waals surface area contributed by atoms with E-state index < -0.39 is 0 Å². The predicted octanol–water partition coefficient (Wildman–Crippen LogP) is 4.46. The lowest BCUT2D eigenvalue weighted by molar-refractivity contribution is 0.569. The van der Waals surface area contributed by atoms with E-state index in [1.165, 1.54) is 22.3 Å². The minimum Gasteiger partial charge on any atom is -0.272 e. The van der Waals surface area contributed by atoms with E-state index >= 15 is 0 Å². The van der Waals surface area contributed by atoms with E-state index in [2.05, 4.69) is 76.2 Å². The quantitative estimate of drug-likeness (QED) is 0.740. The highest BCUT2D eigenvalue weighted by atomic mass is 15.0. The minimum atomic E-state index is -0.184. The fourth-order valence-electron chi connectivity index (χ4n) is 3.61. The summed E-state index contributed by atoms with van der Waals surface area (Å²) in [6.07, 6.45) is 0. The third kappa shape index (κ3) is 1.73. The van der Waals surface area contributed by atoms with Gasteiger partial charge >= 0.3 is 0 Å². The van der Waals surface area contributed by atoms with Crippen molar-refractivity contribution in [3.05, 3.63) is 70.8 Å². The summed E-state index contributed by atoms with van der Waals surface area (Å²) in [4.78, 5) is 10.0. The van der Waals surface area contributed by atoms with Crippen LogP contribution in [0.5, 0.6) is 0 Å². The van der Waals surface area contributed by atoms with Crippen molar-refractivity contribution in [2.45, 2.75) is 38.8 Å². The van der Waals surface area contributed by atoms with Gasteiger partial charge in [0.15, 0.2) is 0 Å². The molecule has 22 heavy (non-hydrogen) atoms. The van der Waals surface area contributed by atoms with E-state index in [9.17, 15) is 0 Å². The van der Waals surface area contributed by atoms with Crippen LogP contribution >= 0.6 is 0 Å². The van der Waals surface area contributed by atoms with Gasteiger partial charge in [-0.15, -0.1) is 0 Å². The van der Waals surface area contributed by atoms with Gasteiger partial charge in [0, 0.05) is 11.1 Å². The first-order chi connectivity index (χ1) is 10.4. The monoisotopic (exact) mass is 288 g/mol. The first kappa shape index (κ1) is 13.4. The zero-order valence-electron chi connectivity index (χ0n) is 13.5. The van der Waals surface area contributed by atoms with Crippen LogP contribution in [0.3, 0.4) is 0 Å². The molecule has 0 saturated carbocycles. The molecule has 4 rings (SSSR count). The highest BCUT2D eigenvalue weighted by Gasteiger charge is 2.38. The molecule has 2 heteroatoms. The lowest BCUT2D eigenvalue weighted by atomic mass is 9.90. The van der Waals surface area contributed by atoms with Gasteiger partial charge in [-0.2, -0.15) is 0 Å². The molecule has 0 atom stereocenters. The summed E-state index contributed by atoms with van der Waals surface area (Å²) < 4.78 is 0. The Kier molecular flexibility index (Phi) is 2.54. The molecule has 0 radical (unpaired) electrons. The van der Waals surface area contributed by atoms with Gasteiger partial charge in [0.25, 0.3) is 0 Å². The molecule has 2 aliphatic heterocycles. The standard InChI is InChI=1S/C20H20N2/c1-19(2)15-11-7-5-9-13(15)17(21-19)18-14-10-6-8-12-16(14)20(3,4)22-18/h5-12H,1-4H3. The SMILES string of the molecule is CC1(C)N=C(C2=NC(C)(C)c3ccccc32)c2ccccc21. The topological polar surface area (TPSA) is 24.7 Å². The van der Waals surface area contributed by atoms with E-state index in [0.29, 0.717) is 0 Å². The molecule has 110 valence electrons. The van der Waals surface area contributed by atoms with E-state index in [1.54, 1.807) is 0 Å². The largest absolute Gasteiger partial charge is 0.272 e. The number of hydrogen-bond acceptors (Lipinski definition) is 2. The Hall–Kier alpha value is -2.22. The van der Waals surface area contributed by atoms with Crippen molar-refractivity contribution in [2.75, 3.05) is 0 Å². The fraction of sp³-hybridized carbons (Fsp3) is 0.300. The van der Waals surface area contributed by atoms with Crippen molar-refractivity contribution >= 4 is 11.4 Å². The number of nitrogens with zero attached hydrogens (tertiary/aromatic N) is 2. The van der Waals surface area contributed by atoms with Crippen LogP contribution in [0, 0.1) is 0 Å². The zero-order valence-corrected chi connectivity index (χ0v) is 13.5. The van der Waals surface area contributed by atoms with Crippen molar-refractivity contribution in [2.24, 2.45) is 9.98 Å². The first-order valence-corrected chi connectivity index (χ1v) is 7.80. The normalized spacial score (nSPS) is 20.2. The van der Waals surface area contributed by atoms with Gasteiger partial charge in [0.1, 0.15) is 0 Å². The third-order valence-corrected chi connectivity index (χ3v) is 4.69. The van der Waals surface area contributed by atoms with Crippen LogP contribution in [0.25, 0.3) is 0 Å². The molecule has 2 nitrogen and oxygen atoms in total. The number of fused-ring (bicyclic) bond motifs is 2. The first-order valence-electron chi connectivity index (χ1n) is 7.80. The molecule has 2 heterocycles. The molecule has 0 amide bonds. The summed E-state index contributed by atoms with van der Waals surface area (Å²) in [6, 6.07) is 17.0. The van der Waals surface area contributed by atoms with Crippen LogP contribution in [0.4, 0.5) is 0 Å². The molecule has 0 unspecified atom stereocenters. The smallest absolute Gasteiger partial charge is 0.0919 e. The second-order valence-corrected chi connectivity index (χ2v) is 7.13. The van der Waals surface area contributed by atoms with Gasteiger partial charge in [0.05, 0.1) is 22.5 Å². The predicted molar refractivity (Wildman–Crippen MR) is 92.0 cm³/mol. The number of aliphatic imine (C=N–C) groups is 2. The van der Waals surface area contributed by atoms with Crippen LogP contribution in [0.15, 0.2) is 58.5 Å². The Labute approximate surface area is 131 Å². The van der Waals surface area contributed by atoms with E-state index in [-0.39, 0.29) is 11.1 Å². The summed E-state index contributed by atoms with van der Waals surface area (Å²) in [5.74, 6) is 0. The number of rotatable bonds is 1. The lowest BCUT2D eigenvalue weighted by Crippen LogP contribution is -2.14. The average Bonchev–Trinajstić information content (AvgIpc) is 2.92. The molecule has 2 aromatic rings. The Morgan fingerprint density at radius 1 is 0.591 bits per heavy atom. The van der Waals surface area contributed by atoms with E-state index in [4.69, 9.17) is 9.98 Å². The van der Waals surface area contributed by atoms with Crippen LogP contribution < -0.4 is 0 Å². The maximum Gasteiger partial charge on any atom is 0.0919 e. The second kappa shape index (κ2) is 4.16. The summed E-state index contributed by atoms with van der Waals surface area (Å²) >= 11 is 0. The molecule has 0 saturated heterocycles. The van der Waals surface area contributed by atoms with Gasteiger partial charge in [-0.1, -0.05) is 48.5 Å². The van der Waals surface area contributed by atoms with Crippen LogP contribution in [0.1, 0.15) is 49.9 Å². The molecule has 0 N–H and O–H groups in total. The summed E-state index contributed by atoms with van der Waals surface area (Å²) in [7, 11) is 0. The van der Waals surface area contributed by atoms with Crippen molar-refractivity contribution in [3.8, 4) is 0 Å². The average molecular weight is 288 g/mol. The highest BCUT2D eigenvalue weighted by molar-refractivity contribution is 6.55. The molecule has 0 bridgehead atoms. The Bertz CT molecular complexity index is 767. The van der Waals surface area contributed by atoms with E-state index in [1.807, 2.05) is 0 Å². The van der Waals surface area contributed by atoms with Gasteiger partial charge in [-0.25, -0.2) is 0 Å². The molecule has 2 aromatic carbocycles. The fourth-order valence-corrected chi connectivity index (χ4v) is 3.61. The van der Waals surface area contributed by atoms with E-state index in [0.717, 1.165) is 11.4 Å². The van der Waals surface area contributed by atoms with Crippen LogP contribution in [-0.2, 0) is 11.1 Å². The second-order valence-electron chi connectivity index (χ2n) is 7.13.